The molecule has 0 aliphatic carbocycles. The number of anilines is 3. The van der Waals surface area contributed by atoms with E-state index >= 15 is 0 Å². The van der Waals surface area contributed by atoms with Gasteiger partial charge in [-0.05, 0) is 0 Å². The fourth-order valence-corrected chi connectivity index (χ4v) is 0.751. The van der Waals surface area contributed by atoms with Crippen LogP contribution >= 0.6 is 0 Å². The van der Waals surface area contributed by atoms with Crippen LogP contribution in [0, 0.1) is 0 Å². The van der Waals surface area contributed by atoms with Crippen molar-refractivity contribution < 1.29 is 4.39 Å². The van der Waals surface area contributed by atoms with Crippen molar-refractivity contribution in [2.45, 2.75) is 0 Å². The molecule has 0 aromatic carbocycles. The van der Waals surface area contributed by atoms with E-state index in [0.29, 0.717) is 5.82 Å². The molecule has 0 saturated heterocycles. The monoisotopic (exact) mass is 171 g/mol. The van der Waals surface area contributed by atoms with Gasteiger partial charge in [-0.25, -0.2) is 4.39 Å². The highest BCUT2D eigenvalue weighted by atomic mass is 19.1. The molecule has 1 aromatic rings. The zero-order chi connectivity index (χ0) is 8.97. The molecule has 0 fully saturated rings. The Morgan fingerprint density at radius 3 is 2.75 bits per heavy atom. The van der Waals surface area contributed by atoms with Crippen LogP contribution in [0.15, 0.2) is 6.07 Å². The zero-order valence-corrected chi connectivity index (χ0v) is 6.42. The van der Waals surface area contributed by atoms with Gasteiger partial charge >= 0.3 is 0 Å². The van der Waals surface area contributed by atoms with Gasteiger partial charge in [0.2, 0.25) is 5.95 Å². The van der Waals surface area contributed by atoms with Crippen LogP contribution in [0.25, 0.3) is 0 Å². The summed E-state index contributed by atoms with van der Waals surface area (Å²) >= 11 is 0. The maximum atomic E-state index is 11.7. The van der Waals surface area contributed by atoms with Crippen LogP contribution in [0.1, 0.15) is 0 Å². The Morgan fingerprint density at radius 2 is 2.17 bits per heavy atom. The smallest absolute Gasteiger partial charge is 0.223 e. The molecule has 5 N–H and O–H groups in total. The Kier molecular flexibility index (Phi) is 2.62. The first-order valence-corrected chi connectivity index (χ1v) is 3.42. The number of alkyl halides is 1. The maximum Gasteiger partial charge on any atom is 0.223 e. The summed E-state index contributed by atoms with van der Waals surface area (Å²) in [4.78, 5) is 7.43. The van der Waals surface area contributed by atoms with Crippen molar-refractivity contribution in [2.24, 2.45) is 0 Å². The number of hydrogen-bond donors (Lipinski definition) is 3. The molecule has 66 valence electrons. The molecule has 0 atom stereocenters. The molecule has 12 heavy (non-hydrogen) atoms. The van der Waals surface area contributed by atoms with Gasteiger partial charge in [-0.2, -0.15) is 9.97 Å². The van der Waals surface area contributed by atoms with Gasteiger partial charge in [0.1, 0.15) is 18.3 Å². The number of halogens is 1. The molecule has 1 aromatic heterocycles. The molecule has 0 aliphatic heterocycles. The summed E-state index contributed by atoms with van der Waals surface area (Å²) in [6, 6.07) is 1.49. The second-order valence-electron chi connectivity index (χ2n) is 2.15. The highest BCUT2D eigenvalue weighted by molar-refractivity contribution is 5.48. The van der Waals surface area contributed by atoms with Crippen LogP contribution in [0.3, 0.4) is 0 Å². The normalized spacial score (nSPS) is 9.75. The third-order valence-electron chi connectivity index (χ3n) is 1.16. The van der Waals surface area contributed by atoms with Crippen LogP contribution in [-0.2, 0) is 0 Å². The largest absolute Gasteiger partial charge is 0.383 e. The van der Waals surface area contributed by atoms with Crippen molar-refractivity contribution in [3.8, 4) is 0 Å². The topological polar surface area (TPSA) is 89.8 Å². The number of nitrogens with zero attached hydrogens (tertiary/aromatic N) is 2. The SMILES string of the molecule is Nc1cc(NCCF)nc(N)n1. The molecule has 0 radical (unpaired) electrons. The minimum absolute atomic E-state index is 0.0800. The van der Waals surface area contributed by atoms with Gasteiger partial charge in [-0.1, -0.05) is 0 Å². The van der Waals surface area contributed by atoms with Crippen molar-refractivity contribution >= 4 is 17.6 Å². The van der Waals surface area contributed by atoms with Gasteiger partial charge in [-0.3, -0.25) is 0 Å². The minimum Gasteiger partial charge on any atom is -0.383 e. The molecular formula is C6H10FN5. The van der Waals surface area contributed by atoms with E-state index in [9.17, 15) is 4.39 Å². The predicted octanol–water partition coefficient (Wildman–Crippen LogP) is 0.0224. The highest BCUT2D eigenvalue weighted by Crippen LogP contribution is 2.08. The number of aromatic nitrogens is 2. The molecule has 5 nitrogen and oxygen atoms in total. The van der Waals surface area contributed by atoms with Crippen LogP contribution in [-0.4, -0.2) is 23.2 Å². The summed E-state index contributed by atoms with van der Waals surface area (Å²) in [5.74, 6) is 0.790. The highest BCUT2D eigenvalue weighted by Gasteiger charge is 1.97. The van der Waals surface area contributed by atoms with Gasteiger partial charge in [0.15, 0.2) is 0 Å². The molecule has 0 aliphatic rings. The van der Waals surface area contributed by atoms with Crippen LogP contribution < -0.4 is 16.8 Å². The lowest BCUT2D eigenvalue weighted by Gasteiger charge is -2.03. The van der Waals surface area contributed by atoms with Crippen molar-refractivity contribution in [1.82, 2.24) is 9.97 Å². The second-order valence-corrected chi connectivity index (χ2v) is 2.15. The summed E-state index contributed by atoms with van der Waals surface area (Å²) in [5.41, 5.74) is 10.7. The molecule has 1 rings (SSSR count). The fraction of sp³-hybridized carbons (Fsp3) is 0.333. The lowest BCUT2D eigenvalue weighted by atomic mass is 10.5. The predicted molar refractivity (Wildman–Crippen MR) is 45.3 cm³/mol. The van der Waals surface area contributed by atoms with E-state index in [0.717, 1.165) is 0 Å². The van der Waals surface area contributed by atoms with Gasteiger partial charge in [0, 0.05) is 12.6 Å². The molecule has 0 amide bonds. The number of nitrogen functional groups attached to an aromatic ring is 2. The van der Waals surface area contributed by atoms with E-state index in [1.807, 2.05) is 0 Å². The van der Waals surface area contributed by atoms with Crippen LogP contribution in [0.5, 0.6) is 0 Å². The molecule has 1 heterocycles. The van der Waals surface area contributed by atoms with Crippen LogP contribution in [0.4, 0.5) is 22.0 Å². The van der Waals surface area contributed by atoms with Gasteiger partial charge in [-0.15, -0.1) is 0 Å². The van der Waals surface area contributed by atoms with E-state index in [1.54, 1.807) is 0 Å². The Labute approximate surface area is 69.0 Å². The minimum atomic E-state index is -0.468. The summed E-state index contributed by atoms with van der Waals surface area (Å²) in [6.45, 7) is -0.278. The lowest BCUT2D eigenvalue weighted by molar-refractivity contribution is 0.512. The third-order valence-corrected chi connectivity index (χ3v) is 1.16. The average molecular weight is 171 g/mol. The van der Waals surface area contributed by atoms with E-state index in [1.165, 1.54) is 6.07 Å². The first-order chi connectivity index (χ1) is 5.72. The average Bonchev–Trinajstić information content (AvgIpc) is 1.99. The molecular weight excluding hydrogens is 161 g/mol. The lowest BCUT2D eigenvalue weighted by Crippen LogP contribution is -2.08. The Morgan fingerprint density at radius 1 is 1.42 bits per heavy atom. The molecule has 0 saturated carbocycles. The summed E-state index contributed by atoms with van der Waals surface area (Å²) in [6.07, 6.45) is 0. The number of rotatable bonds is 3. The summed E-state index contributed by atoms with van der Waals surface area (Å²) in [5, 5.41) is 2.69. The Hall–Kier alpha value is -1.59. The Bertz CT molecular complexity index is 244. The number of nitrogens with one attached hydrogen (secondary N) is 1. The van der Waals surface area contributed by atoms with E-state index in [2.05, 4.69) is 15.3 Å². The molecule has 6 heteroatoms. The van der Waals surface area contributed by atoms with Crippen molar-refractivity contribution in [2.75, 3.05) is 30.0 Å². The van der Waals surface area contributed by atoms with Crippen molar-refractivity contribution in [1.29, 1.82) is 0 Å². The van der Waals surface area contributed by atoms with E-state index in [-0.39, 0.29) is 18.3 Å². The molecule has 0 unspecified atom stereocenters. The standard InChI is InChI=1S/C6H10FN5/c7-1-2-10-5-3-4(8)11-6(9)12-5/h3H,1-2H2,(H5,8,9,10,11,12). The van der Waals surface area contributed by atoms with Crippen LogP contribution in [0.2, 0.25) is 0 Å². The van der Waals surface area contributed by atoms with Gasteiger partial charge < -0.3 is 16.8 Å². The quantitative estimate of drug-likeness (QED) is 0.596. The first kappa shape index (κ1) is 8.51. The van der Waals surface area contributed by atoms with Gasteiger partial charge in [0.05, 0.1) is 0 Å². The third kappa shape index (κ3) is 2.22. The first-order valence-electron chi connectivity index (χ1n) is 3.42. The second kappa shape index (κ2) is 3.70. The molecule has 0 bridgehead atoms. The summed E-state index contributed by atoms with van der Waals surface area (Å²) in [7, 11) is 0. The zero-order valence-electron chi connectivity index (χ0n) is 6.42. The van der Waals surface area contributed by atoms with Gasteiger partial charge in [0.25, 0.3) is 0 Å². The van der Waals surface area contributed by atoms with Crippen molar-refractivity contribution in [3.63, 3.8) is 0 Å². The van der Waals surface area contributed by atoms with E-state index in [4.69, 9.17) is 11.5 Å². The van der Waals surface area contributed by atoms with E-state index < -0.39 is 6.67 Å². The Balaban J connectivity index is 2.72. The number of hydrogen-bond acceptors (Lipinski definition) is 5. The summed E-state index contributed by atoms with van der Waals surface area (Å²) < 4.78 is 11.7. The molecule has 0 spiro atoms. The number of nitrogens with two attached hydrogens (primary N) is 2. The fourth-order valence-electron chi connectivity index (χ4n) is 0.751. The van der Waals surface area contributed by atoms with Crippen molar-refractivity contribution in [3.05, 3.63) is 6.07 Å². The maximum absolute atomic E-state index is 11.7.